The van der Waals surface area contributed by atoms with Crippen LogP contribution in [0.3, 0.4) is 0 Å². The Morgan fingerprint density at radius 2 is 2.00 bits per heavy atom. The van der Waals surface area contributed by atoms with Crippen LogP contribution in [0, 0.1) is 0 Å². The molecule has 4 nitrogen and oxygen atoms in total. The Morgan fingerprint density at radius 3 is 2.70 bits per heavy atom. The second kappa shape index (κ2) is 5.44. The van der Waals surface area contributed by atoms with Gasteiger partial charge in [0.2, 0.25) is 0 Å². The van der Waals surface area contributed by atoms with Crippen molar-refractivity contribution in [3.63, 3.8) is 0 Å². The van der Waals surface area contributed by atoms with E-state index in [0.29, 0.717) is 16.6 Å². The van der Waals surface area contributed by atoms with E-state index < -0.39 is 0 Å². The lowest BCUT2D eigenvalue weighted by molar-refractivity contribution is 0.427. The lowest BCUT2D eigenvalue weighted by atomic mass is 9.89. The minimum Gasteiger partial charge on any atom is -0.398 e. The SMILES string of the molecule is Cn1nc(C2CCCCC2)nc1-c1ccc(N)c(Cl)c1. The van der Waals surface area contributed by atoms with E-state index in [1.165, 1.54) is 32.1 Å². The van der Waals surface area contributed by atoms with Crippen LogP contribution < -0.4 is 5.73 Å². The van der Waals surface area contributed by atoms with E-state index in [-0.39, 0.29) is 0 Å². The van der Waals surface area contributed by atoms with E-state index in [2.05, 4.69) is 5.10 Å². The van der Waals surface area contributed by atoms with Crippen LogP contribution in [0.1, 0.15) is 43.8 Å². The van der Waals surface area contributed by atoms with Crippen molar-refractivity contribution < 1.29 is 0 Å². The topological polar surface area (TPSA) is 56.7 Å². The molecule has 1 aromatic carbocycles. The van der Waals surface area contributed by atoms with Crippen LogP contribution in [0.5, 0.6) is 0 Å². The molecule has 106 valence electrons. The van der Waals surface area contributed by atoms with Gasteiger partial charge in [0.1, 0.15) is 0 Å². The Bertz CT molecular complexity index is 614. The number of aryl methyl sites for hydroxylation is 1. The van der Waals surface area contributed by atoms with Crippen molar-refractivity contribution in [3.05, 3.63) is 29.0 Å². The fourth-order valence-corrected chi connectivity index (χ4v) is 3.04. The van der Waals surface area contributed by atoms with Crippen molar-refractivity contribution in [2.24, 2.45) is 7.05 Å². The van der Waals surface area contributed by atoms with Gasteiger partial charge in [-0.15, -0.1) is 0 Å². The first-order valence-corrected chi connectivity index (χ1v) is 7.49. The number of hydrogen-bond donors (Lipinski definition) is 1. The van der Waals surface area contributed by atoms with Gasteiger partial charge in [-0.1, -0.05) is 30.9 Å². The minimum atomic E-state index is 0.507. The third-order valence-corrected chi connectivity index (χ3v) is 4.34. The molecule has 1 aromatic heterocycles. The highest BCUT2D eigenvalue weighted by Crippen LogP contribution is 2.32. The van der Waals surface area contributed by atoms with Gasteiger partial charge in [0.25, 0.3) is 0 Å². The van der Waals surface area contributed by atoms with Crippen LogP contribution in [0.2, 0.25) is 5.02 Å². The second-order valence-corrected chi connectivity index (χ2v) is 5.90. The largest absolute Gasteiger partial charge is 0.398 e. The number of nitrogens with zero attached hydrogens (tertiary/aromatic N) is 3. The van der Waals surface area contributed by atoms with Gasteiger partial charge in [0.15, 0.2) is 11.6 Å². The number of nitrogen functional groups attached to an aromatic ring is 1. The monoisotopic (exact) mass is 290 g/mol. The van der Waals surface area contributed by atoms with E-state index in [9.17, 15) is 0 Å². The first-order chi connectivity index (χ1) is 9.65. The Labute approximate surface area is 124 Å². The molecule has 1 heterocycles. The first kappa shape index (κ1) is 13.4. The summed E-state index contributed by atoms with van der Waals surface area (Å²) in [5, 5.41) is 5.15. The molecular formula is C15H19ClN4. The Morgan fingerprint density at radius 1 is 1.25 bits per heavy atom. The quantitative estimate of drug-likeness (QED) is 0.857. The van der Waals surface area contributed by atoms with Crippen LogP contribution in [0.4, 0.5) is 5.69 Å². The van der Waals surface area contributed by atoms with Gasteiger partial charge in [-0.3, -0.25) is 0 Å². The molecule has 1 saturated carbocycles. The summed E-state index contributed by atoms with van der Waals surface area (Å²) >= 11 is 6.09. The number of halogens is 1. The van der Waals surface area contributed by atoms with Crippen LogP contribution in [-0.2, 0) is 7.05 Å². The van der Waals surface area contributed by atoms with Gasteiger partial charge in [0.05, 0.1) is 10.7 Å². The third-order valence-electron chi connectivity index (χ3n) is 4.01. The van der Waals surface area contributed by atoms with Crippen LogP contribution in [0.25, 0.3) is 11.4 Å². The smallest absolute Gasteiger partial charge is 0.158 e. The van der Waals surface area contributed by atoms with E-state index in [1.807, 2.05) is 29.9 Å². The summed E-state index contributed by atoms with van der Waals surface area (Å²) in [5.74, 6) is 2.33. The van der Waals surface area contributed by atoms with Gasteiger partial charge in [-0.25, -0.2) is 9.67 Å². The van der Waals surface area contributed by atoms with Gasteiger partial charge in [0, 0.05) is 18.5 Å². The maximum Gasteiger partial charge on any atom is 0.158 e. The minimum absolute atomic E-state index is 0.507. The molecule has 0 spiro atoms. The van der Waals surface area contributed by atoms with Crippen molar-refractivity contribution in [1.82, 2.24) is 14.8 Å². The highest BCUT2D eigenvalue weighted by Gasteiger charge is 2.21. The molecule has 0 bridgehead atoms. The highest BCUT2D eigenvalue weighted by atomic mass is 35.5. The van der Waals surface area contributed by atoms with Crippen molar-refractivity contribution in [2.75, 3.05) is 5.73 Å². The summed E-state index contributed by atoms with van der Waals surface area (Å²) in [4.78, 5) is 4.73. The summed E-state index contributed by atoms with van der Waals surface area (Å²) in [6, 6.07) is 5.61. The molecule has 0 aliphatic heterocycles. The third kappa shape index (κ3) is 2.52. The lowest BCUT2D eigenvalue weighted by Crippen LogP contribution is -2.06. The number of hydrogen-bond acceptors (Lipinski definition) is 3. The molecule has 20 heavy (non-hydrogen) atoms. The molecule has 2 aromatic rings. The summed E-state index contributed by atoms with van der Waals surface area (Å²) in [5.41, 5.74) is 7.30. The number of anilines is 1. The zero-order valence-electron chi connectivity index (χ0n) is 11.6. The number of rotatable bonds is 2. The van der Waals surface area contributed by atoms with E-state index in [4.69, 9.17) is 22.3 Å². The van der Waals surface area contributed by atoms with Crippen LogP contribution in [-0.4, -0.2) is 14.8 Å². The lowest BCUT2D eigenvalue weighted by Gasteiger charge is -2.18. The van der Waals surface area contributed by atoms with Gasteiger partial charge in [-0.2, -0.15) is 5.10 Å². The number of aromatic nitrogens is 3. The van der Waals surface area contributed by atoms with E-state index in [1.54, 1.807) is 0 Å². The van der Waals surface area contributed by atoms with Gasteiger partial charge < -0.3 is 5.73 Å². The molecule has 1 fully saturated rings. The Hall–Kier alpha value is -1.55. The van der Waals surface area contributed by atoms with E-state index in [0.717, 1.165) is 17.2 Å². The van der Waals surface area contributed by atoms with Gasteiger partial charge >= 0.3 is 0 Å². The summed E-state index contributed by atoms with van der Waals surface area (Å²) in [7, 11) is 1.93. The summed E-state index contributed by atoms with van der Waals surface area (Å²) < 4.78 is 1.84. The zero-order valence-corrected chi connectivity index (χ0v) is 12.4. The van der Waals surface area contributed by atoms with Crippen molar-refractivity contribution >= 4 is 17.3 Å². The van der Waals surface area contributed by atoms with Crippen molar-refractivity contribution in [3.8, 4) is 11.4 Å². The van der Waals surface area contributed by atoms with Crippen molar-refractivity contribution in [1.29, 1.82) is 0 Å². The van der Waals surface area contributed by atoms with Crippen molar-refractivity contribution in [2.45, 2.75) is 38.0 Å². The molecule has 0 radical (unpaired) electrons. The molecule has 0 unspecified atom stereocenters. The number of benzene rings is 1. The average molecular weight is 291 g/mol. The maximum absolute atomic E-state index is 6.09. The van der Waals surface area contributed by atoms with Crippen LogP contribution >= 0.6 is 11.6 Å². The second-order valence-electron chi connectivity index (χ2n) is 5.49. The fourth-order valence-electron chi connectivity index (χ4n) is 2.86. The highest BCUT2D eigenvalue weighted by molar-refractivity contribution is 6.33. The molecule has 0 saturated heterocycles. The normalized spacial score (nSPS) is 16.5. The van der Waals surface area contributed by atoms with Crippen LogP contribution in [0.15, 0.2) is 18.2 Å². The molecule has 5 heteroatoms. The summed E-state index contributed by atoms with van der Waals surface area (Å²) in [6.07, 6.45) is 6.31. The molecule has 1 aliphatic carbocycles. The predicted octanol–water partition coefficient (Wildman–Crippen LogP) is 3.77. The van der Waals surface area contributed by atoms with Gasteiger partial charge in [-0.05, 0) is 31.0 Å². The standard InChI is InChI=1S/C15H19ClN4/c1-20-15(11-7-8-13(17)12(16)9-11)18-14(19-20)10-5-3-2-4-6-10/h7-10H,2-6,17H2,1H3. The fraction of sp³-hybridized carbons (Fsp3) is 0.467. The Balaban J connectivity index is 1.93. The number of nitrogens with two attached hydrogens (primary N) is 1. The average Bonchev–Trinajstić information content (AvgIpc) is 2.85. The maximum atomic E-state index is 6.09. The summed E-state index contributed by atoms with van der Waals surface area (Å²) in [6.45, 7) is 0. The molecule has 2 N–H and O–H groups in total. The molecule has 3 rings (SSSR count). The molecule has 0 amide bonds. The van der Waals surface area contributed by atoms with E-state index >= 15 is 0 Å². The molecule has 1 aliphatic rings. The predicted molar refractivity (Wildman–Crippen MR) is 81.7 cm³/mol. The molecular weight excluding hydrogens is 272 g/mol. The zero-order chi connectivity index (χ0) is 14.1. The molecule has 0 atom stereocenters. The Kier molecular flexibility index (Phi) is 3.66. The first-order valence-electron chi connectivity index (χ1n) is 7.11.